The van der Waals surface area contributed by atoms with Crippen molar-refractivity contribution in [1.29, 1.82) is 0 Å². The van der Waals surface area contributed by atoms with Gasteiger partial charge in [0.05, 0.1) is 0 Å². The molecule has 0 aromatic heterocycles. The molecule has 0 saturated heterocycles. The highest BCUT2D eigenvalue weighted by Gasteiger charge is 2.16. The summed E-state index contributed by atoms with van der Waals surface area (Å²) >= 11 is 0. The zero-order valence-electron chi connectivity index (χ0n) is 15.3. The molecule has 1 aliphatic heterocycles. The number of carbonyl (C=O) groups excluding carboxylic acids is 1. The molecule has 25 heavy (non-hydrogen) atoms. The Morgan fingerprint density at radius 1 is 1.16 bits per heavy atom. The topological polar surface area (TPSA) is 32.3 Å². The summed E-state index contributed by atoms with van der Waals surface area (Å²) in [6.45, 7) is 6.18. The van der Waals surface area contributed by atoms with Crippen LogP contribution in [0.25, 0.3) is 0 Å². The van der Waals surface area contributed by atoms with E-state index in [2.05, 4.69) is 60.5 Å². The lowest BCUT2D eigenvalue weighted by Crippen LogP contribution is -2.32. The number of carbonyl (C=O) groups is 1. The van der Waals surface area contributed by atoms with Gasteiger partial charge in [0.2, 0.25) is 0 Å². The van der Waals surface area contributed by atoms with Gasteiger partial charge in [-0.2, -0.15) is 0 Å². The second kappa shape index (κ2) is 8.19. The highest BCUT2D eigenvalue weighted by atomic mass is 16.1. The van der Waals surface area contributed by atoms with Crippen molar-refractivity contribution in [3.05, 3.63) is 65.2 Å². The van der Waals surface area contributed by atoms with Gasteiger partial charge in [-0.3, -0.25) is 4.79 Å². The number of benzene rings is 2. The van der Waals surface area contributed by atoms with Crippen molar-refractivity contribution >= 4 is 11.6 Å². The third-order valence-electron chi connectivity index (χ3n) is 4.90. The fraction of sp³-hybridized carbons (Fsp3) is 0.409. The van der Waals surface area contributed by atoms with Crippen molar-refractivity contribution in [2.24, 2.45) is 0 Å². The van der Waals surface area contributed by atoms with Gasteiger partial charge in [0, 0.05) is 30.4 Å². The van der Waals surface area contributed by atoms with Crippen molar-refractivity contribution in [3.8, 4) is 0 Å². The quantitative estimate of drug-likeness (QED) is 0.839. The van der Waals surface area contributed by atoms with E-state index in [0.29, 0.717) is 0 Å². The molecule has 3 nitrogen and oxygen atoms in total. The minimum Gasteiger partial charge on any atom is -0.367 e. The van der Waals surface area contributed by atoms with E-state index in [4.69, 9.17) is 0 Å². The van der Waals surface area contributed by atoms with Crippen LogP contribution in [0.3, 0.4) is 0 Å². The van der Waals surface area contributed by atoms with Crippen molar-refractivity contribution in [2.45, 2.75) is 52.1 Å². The Bertz CT molecular complexity index is 708. The van der Waals surface area contributed by atoms with Gasteiger partial charge in [-0.15, -0.1) is 0 Å². The van der Waals surface area contributed by atoms with Gasteiger partial charge < -0.3 is 10.2 Å². The number of hydrogen-bond donors (Lipinski definition) is 1. The summed E-state index contributed by atoms with van der Waals surface area (Å²) in [5.74, 6) is 0.0239. The molecule has 132 valence electrons. The van der Waals surface area contributed by atoms with E-state index in [9.17, 15) is 4.79 Å². The maximum Gasteiger partial charge on any atom is 0.251 e. The van der Waals surface area contributed by atoms with Crippen LogP contribution in [0.1, 0.15) is 54.6 Å². The highest BCUT2D eigenvalue weighted by molar-refractivity contribution is 5.94. The fourth-order valence-electron chi connectivity index (χ4n) is 3.57. The van der Waals surface area contributed by atoms with Crippen LogP contribution in [0.2, 0.25) is 0 Å². The van der Waals surface area contributed by atoms with Gasteiger partial charge in [0.15, 0.2) is 0 Å². The Labute approximate surface area is 151 Å². The predicted molar refractivity (Wildman–Crippen MR) is 104 cm³/mol. The molecular formula is C22H28N2O. The molecule has 0 aliphatic carbocycles. The standard InChI is InChI=1S/C22H28N2O/c1-3-7-17(2)23-22(25)20-13-11-18(12-14-20)16-24-15-6-9-19-8-4-5-10-21(19)24/h4-5,8,10-14,17H,3,6-7,9,15-16H2,1-2H3,(H,23,25)/t17-/m1/s1. The summed E-state index contributed by atoms with van der Waals surface area (Å²) in [6.07, 6.45) is 4.46. The minimum absolute atomic E-state index is 0.0239. The molecule has 0 unspecified atom stereocenters. The molecule has 1 N–H and O–H groups in total. The largest absolute Gasteiger partial charge is 0.367 e. The first kappa shape index (κ1) is 17.5. The predicted octanol–water partition coefficient (Wildman–Crippen LogP) is 4.56. The van der Waals surface area contributed by atoms with Gasteiger partial charge in [0.1, 0.15) is 0 Å². The number of hydrogen-bond acceptors (Lipinski definition) is 2. The SMILES string of the molecule is CCC[C@@H](C)NC(=O)c1ccc(CN2CCCc3ccccc32)cc1. The first-order valence-corrected chi connectivity index (χ1v) is 9.40. The normalized spacial score (nSPS) is 14.7. The number of aryl methyl sites for hydroxylation is 1. The summed E-state index contributed by atoms with van der Waals surface area (Å²) in [6, 6.07) is 16.9. The maximum absolute atomic E-state index is 12.3. The molecule has 3 heteroatoms. The molecule has 3 rings (SSSR count). The Hall–Kier alpha value is -2.29. The van der Waals surface area contributed by atoms with Gasteiger partial charge in [-0.1, -0.05) is 43.7 Å². The highest BCUT2D eigenvalue weighted by Crippen LogP contribution is 2.28. The van der Waals surface area contributed by atoms with Crippen LogP contribution in [0.5, 0.6) is 0 Å². The average molecular weight is 336 g/mol. The molecule has 0 spiro atoms. The molecule has 1 atom stereocenters. The monoisotopic (exact) mass is 336 g/mol. The molecule has 0 bridgehead atoms. The van der Waals surface area contributed by atoms with E-state index in [1.54, 1.807) is 0 Å². The van der Waals surface area contributed by atoms with Crippen molar-refractivity contribution < 1.29 is 4.79 Å². The molecule has 2 aromatic carbocycles. The minimum atomic E-state index is 0.0239. The molecule has 2 aromatic rings. The van der Waals surface area contributed by atoms with Crippen molar-refractivity contribution in [1.82, 2.24) is 5.32 Å². The zero-order chi connectivity index (χ0) is 17.6. The van der Waals surface area contributed by atoms with Crippen LogP contribution in [-0.4, -0.2) is 18.5 Å². The van der Waals surface area contributed by atoms with Crippen LogP contribution in [-0.2, 0) is 13.0 Å². The van der Waals surface area contributed by atoms with Crippen LogP contribution in [0.15, 0.2) is 48.5 Å². The molecule has 0 saturated carbocycles. The van der Waals surface area contributed by atoms with Crippen LogP contribution < -0.4 is 10.2 Å². The molecule has 1 aliphatic rings. The number of nitrogens with zero attached hydrogens (tertiary/aromatic N) is 1. The molecule has 0 radical (unpaired) electrons. The number of rotatable bonds is 6. The molecule has 1 amide bonds. The van der Waals surface area contributed by atoms with E-state index in [0.717, 1.165) is 31.5 Å². The summed E-state index contributed by atoms with van der Waals surface area (Å²) in [7, 11) is 0. The number of fused-ring (bicyclic) bond motifs is 1. The Morgan fingerprint density at radius 2 is 1.92 bits per heavy atom. The lowest BCUT2D eigenvalue weighted by Gasteiger charge is -2.31. The van der Waals surface area contributed by atoms with E-state index in [-0.39, 0.29) is 11.9 Å². The smallest absolute Gasteiger partial charge is 0.251 e. The zero-order valence-corrected chi connectivity index (χ0v) is 15.3. The molecule has 1 heterocycles. The maximum atomic E-state index is 12.3. The number of nitrogens with one attached hydrogen (secondary N) is 1. The number of anilines is 1. The Morgan fingerprint density at radius 3 is 2.68 bits per heavy atom. The van der Waals surface area contributed by atoms with Gasteiger partial charge in [-0.05, 0) is 55.5 Å². The van der Waals surface area contributed by atoms with Crippen LogP contribution >= 0.6 is 0 Å². The lowest BCUT2D eigenvalue weighted by molar-refractivity contribution is 0.0938. The van der Waals surface area contributed by atoms with E-state index in [1.807, 2.05) is 12.1 Å². The molecule has 0 fully saturated rings. The van der Waals surface area contributed by atoms with Crippen molar-refractivity contribution in [3.63, 3.8) is 0 Å². The van der Waals surface area contributed by atoms with E-state index < -0.39 is 0 Å². The average Bonchev–Trinajstić information content (AvgIpc) is 2.63. The van der Waals surface area contributed by atoms with Crippen LogP contribution in [0.4, 0.5) is 5.69 Å². The molecular weight excluding hydrogens is 308 g/mol. The Kier molecular flexibility index (Phi) is 5.75. The van der Waals surface area contributed by atoms with Gasteiger partial charge >= 0.3 is 0 Å². The summed E-state index contributed by atoms with van der Waals surface area (Å²) < 4.78 is 0. The van der Waals surface area contributed by atoms with E-state index in [1.165, 1.54) is 29.7 Å². The summed E-state index contributed by atoms with van der Waals surface area (Å²) in [5.41, 5.74) is 4.78. The Balaban J connectivity index is 1.65. The number of amides is 1. The van der Waals surface area contributed by atoms with Crippen molar-refractivity contribution in [2.75, 3.05) is 11.4 Å². The van der Waals surface area contributed by atoms with Crippen LogP contribution in [0, 0.1) is 0 Å². The summed E-state index contributed by atoms with van der Waals surface area (Å²) in [5, 5.41) is 3.06. The first-order valence-electron chi connectivity index (χ1n) is 9.40. The second-order valence-electron chi connectivity index (χ2n) is 7.01. The van der Waals surface area contributed by atoms with Gasteiger partial charge in [-0.25, -0.2) is 0 Å². The lowest BCUT2D eigenvalue weighted by atomic mass is 10.0. The number of para-hydroxylation sites is 1. The second-order valence-corrected chi connectivity index (χ2v) is 7.01. The first-order chi connectivity index (χ1) is 12.2. The summed E-state index contributed by atoms with van der Waals surface area (Å²) in [4.78, 5) is 14.7. The third kappa shape index (κ3) is 4.41. The van der Waals surface area contributed by atoms with Gasteiger partial charge in [0.25, 0.3) is 5.91 Å². The van der Waals surface area contributed by atoms with E-state index >= 15 is 0 Å². The third-order valence-corrected chi connectivity index (χ3v) is 4.90. The fourth-order valence-corrected chi connectivity index (χ4v) is 3.57.